The van der Waals surface area contributed by atoms with Crippen molar-refractivity contribution in [1.29, 1.82) is 0 Å². The van der Waals surface area contributed by atoms with Crippen LogP contribution in [0.2, 0.25) is 0 Å². The van der Waals surface area contributed by atoms with Crippen LogP contribution in [0.3, 0.4) is 0 Å². The zero-order valence-corrected chi connectivity index (χ0v) is 11.0. The predicted molar refractivity (Wildman–Crippen MR) is 67.3 cm³/mol. The van der Waals surface area contributed by atoms with E-state index in [0.717, 1.165) is 36.8 Å². The van der Waals surface area contributed by atoms with Crippen molar-refractivity contribution in [3.05, 3.63) is 20.8 Å². The first-order valence-corrected chi connectivity index (χ1v) is 7.05. The molecular weight excluding hydrogens is 274 g/mol. The number of thiophene rings is 1. The lowest BCUT2D eigenvalue weighted by molar-refractivity contribution is 0.0896. The maximum absolute atomic E-state index is 10.1. The lowest BCUT2D eigenvalue weighted by Gasteiger charge is -2.27. The van der Waals surface area contributed by atoms with Crippen LogP contribution in [-0.4, -0.2) is 24.3 Å². The van der Waals surface area contributed by atoms with Gasteiger partial charge in [0.2, 0.25) is 0 Å². The van der Waals surface area contributed by atoms with E-state index in [-0.39, 0.29) is 6.10 Å². The van der Waals surface area contributed by atoms with E-state index in [4.69, 9.17) is 0 Å². The van der Waals surface area contributed by atoms with Gasteiger partial charge in [0, 0.05) is 15.8 Å². The Morgan fingerprint density at radius 2 is 2.27 bits per heavy atom. The normalized spacial score (nSPS) is 20.4. The highest BCUT2D eigenvalue weighted by Gasteiger charge is 2.22. The summed E-state index contributed by atoms with van der Waals surface area (Å²) in [5.74, 6) is 0.472. The van der Waals surface area contributed by atoms with Gasteiger partial charge in [0.1, 0.15) is 0 Å². The first-order chi connectivity index (χ1) is 7.27. The zero-order valence-electron chi connectivity index (χ0n) is 8.58. The van der Waals surface area contributed by atoms with E-state index in [1.807, 2.05) is 0 Å². The summed E-state index contributed by atoms with van der Waals surface area (Å²) in [7, 11) is 0. The summed E-state index contributed by atoms with van der Waals surface area (Å²) in [4.78, 5) is 1.26. The molecule has 0 spiro atoms. The number of halogens is 1. The van der Waals surface area contributed by atoms with Gasteiger partial charge >= 0.3 is 0 Å². The van der Waals surface area contributed by atoms with Crippen molar-refractivity contribution in [2.24, 2.45) is 5.92 Å². The van der Waals surface area contributed by atoms with Crippen LogP contribution in [-0.2, 0) is 6.42 Å². The summed E-state index contributed by atoms with van der Waals surface area (Å²) in [5.41, 5.74) is 0. The topological polar surface area (TPSA) is 32.3 Å². The fourth-order valence-electron chi connectivity index (χ4n) is 2.06. The largest absolute Gasteiger partial charge is 0.392 e. The molecular formula is C11H16BrNOS. The standard InChI is InChI=1S/C11H16BrNOS/c12-9-3-6-15-11(9)7-10(14)8-1-4-13-5-2-8/h3,6,8,10,13-14H,1-2,4-5,7H2. The van der Waals surface area contributed by atoms with Crippen LogP contribution in [0.15, 0.2) is 15.9 Å². The minimum absolute atomic E-state index is 0.179. The summed E-state index contributed by atoms with van der Waals surface area (Å²) < 4.78 is 1.14. The fraction of sp³-hybridized carbons (Fsp3) is 0.636. The molecule has 0 aliphatic carbocycles. The number of hydrogen-bond donors (Lipinski definition) is 2. The van der Waals surface area contributed by atoms with E-state index in [0.29, 0.717) is 5.92 Å². The highest BCUT2D eigenvalue weighted by molar-refractivity contribution is 9.10. The Morgan fingerprint density at radius 1 is 1.53 bits per heavy atom. The quantitative estimate of drug-likeness (QED) is 0.896. The van der Waals surface area contributed by atoms with Gasteiger partial charge in [0.25, 0.3) is 0 Å². The molecule has 1 aromatic heterocycles. The Kier molecular flexibility index (Phi) is 4.20. The third-order valence-corrected chi connectivity index (χ3v) is 4.96. The maximum atomic E-state index is 10.1. The molecule has 1 aromatic rings. The lowest BCUT2D eigenvalue weighted by atomic mass is 9.90. The number of hydrogen-bond acceptors (Lipinski definition) is 3. The summed E-state index contributed by atoms with van der Waals surface area (Å²) in [6.45, 7) is 2.10. The smallest absolute Gasteiger partial charge is 0.0617 e. The van der Waals surface area contributed by atoms with E-state index in [9.17, 15) is 5.11 Å². The summed E-state index contributed by atoms with van der Waals surface area (Å²) in [6.07, 6.45) is 2.82. The van der Waals surface area contributed by atoms with Crippen molar-refractivity contribution >= 4 is 27.3 Å². The average molecular weight is 290 g/mol. The van der Waals surface area contributed by atoms with Gasteiger partial charge in [0.15, 0.2) is 0 Å². The fourth-order valence-corrected chi connectivity index (χ4v) is 3.62. The second kappa shape index (κ2) is 5.43. The Hall–Kier alpha value is 0.1000. The van der Waals surface area contributed by atoms with Gasteiger partial charge < -0.3 is 10.4 Å². The molecule has 4 heteroatoms. The van der Waals surface area contributed by atoms with Crippen molar-refractivity contribution in [2.75, 3.05) is 13.1 Å². The number of nitrogens with one attached hydrogen (secondary N) is 1. The van der Waals surface area contributed by atoms with Crippen LogP contribution in [0, 0.1) is 5.92 Å². The van der Waals surface area contributed by atoms with Crippen molar-refractivity contribution in [2.45, 2.75) is 25.4 Å². The average Bonchev–Trinajstić information content (AvgIpc) is 2.66. The zero-order chi connectivity index (χ0) is 10.7. The third kappa shape index (κ3) is 3.03. The number of rotatable bonds is 3. The highest BCUT2D eigenvalue weighted by atomic mass is 79.9. The molecule has 0 bridgehead atoms. The monoisotopic (exact) mass is 289 g/mol. The van der Waals surface area contributed by atoms with Crippen LogP contribution in [0.1, 0.15) is 17.7 Å². The van der Waals surface area contributed by atoms with Crippen molar-refractivity contribution in [1.82, 2.24) is 5.32 Å². The van der Waals surface area contributed by atoms with Crippen molar-refractivity contribution in [3.63, 3.8) is 0 Å². The molecule has 2 heterocycles. The second-order valence-electron chi connectivity index (χ2n) is 4.05. The number of piperidine rings is 1. The van der Waals surface area contributed by atoms with E-state index < -0.39 is 0 Å². The Balaban J connectivity index is 1.91. The maximum Gasteiger partial charge on any atom is 0.0617 e. The SMILES string of the molecule is OC(Cc1sccc1Br)C1CCNCC1. The molecule has 0 saturated carbocycles. The van der Waals surface area contributed by atoms with Crippen LogP contribution in [0.5, 0.6) is 0 Å². The van der Waals surface area contributed by atoms with Crippen LogP contribution < -0.4 is 5.32 Å². The Labute approximate surface area is 103 Å². The second-order valence-corrected chi connectivity index (χ2v) is 5.91. The molecule has 0 aromatic carbocycles. The highest BCUT2D eigenvalue weighted by Crippen LogP contribution is 2.27. The van der Waals surface area contributed by atoms with Gasteiger partial charge in [-0.15, -0.1) is 11.3 Å². The van der Waals surface area contributed by atoms with E-state index in [2.05, 4.69) is 32.7 Å². The molecule has 15 heavy (non-hydrogen) atoms. The molecule has 2 rings (SSSR count). The van der Waals surface area contributed by atoms with E-state index in [1.165, 1.54) is 4.88 Å². The van der Waals surface area contributed by atoms with Crippen LogP contribution in [0.25, 0.3) is 0 Å². The van der Waals surface area contributed by atoms with Gasteiger partial charge in [-0.25, -0.2) is 0 Å². The molecule has 1 unspecified atom stereocenters. The van der Waals surface area contributed by atoms with Gasteiger partial charge in [-0.3, -0.25) is 0 Å². The van der Waals surface area contributed by atoms with E-state index >= 15 is 0 Å². The first-order valence-electron chi connectivity index (χ1n) is 5.38. The molecule has 2 N–H and O–H groups in total. The summed E-state index contributed by atoms with van der Waals surface area (Å²) in [5, 5.41) is 15.5. The molecule has 0 amide bonds. The van der Waals surface area contributed by atoms with E-state index in [1.54, 1.807) is 11.3 Å². The van der Waals surface area contributed by atoms with Gasteiger partial charge in [-0.05, 0) is 59.2 Å². The molecule has 1 aliphatic heterocycles. The van der Waals surface area contributed by atoms with Crippen molar-refractivity contribution in [3.8, 4) is 0 Å². The molecule has 84 valence electrons. The molecule has 1 aliphatic rings. The van der Waals surface area contributed by atoms with Crippen LogP contribution in [0.4, 0.5) is 0 Å². The summed E-state index contributed by atoms with van der Waals surface area (Å²) in [6, 6.07) is 2.05. The predicted octanol–water partition coefficient (Wildman–Crippen LogP) is 2.41. The number of aliphatic hydroxyl groups is 1. The third-order valence-electron chi connectivity index (χ3n) is 3.01. The van der Waals surface area contributed by atoms with Gasteiger partial charge in [0.05, 0.1) is 6.10 Å². The van der Waals surface area contributed by atoms with Crippen molar-refractivity contribution < 1.29 is 5.11 Å². The molecule has 1 fully saturated rings. The molecule has 2 nitrogen and oxygen atoms in total. The molecule has 0 radical (unpaired) electrons. The van der Waals surface area contributed by atoms with Gasteiger partial charge in [-0.2, -0.15) is 0 Å². The molecule has 1 saturated heterocycles. The number of aliphatic hydroxyl groups excluding tert-OH is 1. The van der Waals surface area contributed by atoms with Gasteiger partial charge in [-0.1, -0.05) is 0 Å². The minimum atomic E-state index is -0.179. The minimum Gasteiger partial charge on any atom is -0.392 e. The first kappa shape index (κ1) is 11.6. The van der Waals surface area contributed by atoms with Crippen LogP contribution >= 0.6 is 27.3 Å². The molecule has 1 atom stereocenters. The summed E-state index contributed by atoms with van der Waals surface area (Å²) >= 11 is 5.23. The Morgan fingerprint density at radius 3 is 2.87 bits per heavy atom. The Bertz CT molecular complexity index is 309. The lowest BCUT2D eigenvalue weighted by Crippen LogP contribution is -2.34.